The van der Waals surface area contributed by atoms with Crippen LogP contribution in [0.2, 0.25) is 0 Å². The molecule has 0 heterocycles. The van der Waals surface area contributed by atoms with Gasteiger partial charge in [0.1, 0.15) is 0 Å². The van der Waals surface area contributed by atoms with Gasteiger partial charge in [0.15, 0.2) is 11.6 Å². The van der Waals surface area contributed by atoms with Gasteiger partial charge in [-0.15, -0.1) is 0 Å². The van der Waals surface area contributed by atoms with E-state index in [1.807, 2.05) is 37.3 Å². The van der Waals surface area contributed by atoms with Crippen LogP contribution in [0.1, 0.15) is 12.5 Å². The van der Waals surface area contributed by atoms with Gasteiger partial charge in [0.25, 0.3) is 0 Å². The minimum atomic E-state index is -0.440. The van der Waals surface area contributed by atoms with Gasteiger partial charge in [0, 0.05) is 18.7 Å². The molecule has 2 aromatic carbocycles. The summed E-state index contributed by atoms with van der Waals surface area (Å²) in [5.74, 6) is -0.225. The minimum absolute atomic E-state index is 0.215. The summed E-state index contributed by atoms with van der Waals surface area (Å²) >= 11 is 0. The molecule has 100 valence electrons. The zero-order valence-electron chi connectivity index (χ0n) is 10.8. The molecule has 0 spiro atoms. The second-order valence-electron chi connectivity index (χ2n) is 4.14. The smallest absolute Gasteiger partial charge is 0.167 e. The molecule has 0 radical (unpaired) electrons. The molecule has 0 amide bonds. The van der Waals surface area contributed by atoms with E-state index < -0.39 is 5.82 Å². The van der Waals surface area contributed by atoms with Gasteiger partial charge in [-0.25, -0.2) is 4.39 Å². The molecule has 0 atom stereocenters. The molecule has 0 aliphatic rings. The monoisotopic (exact) mass is 260 g/mol. The topological polar surface area (TPSA) is 47.3 Å². The Hall–Kier alpha value is -2.23. The van der Waals surface area contributed by atoms with Gasteiger partial charge in [0.05, 0.1) is 18.0 Å². The van der Waals surface area contributed by atoms with Crippen molar-refractivity contribution in [2.24, 2.45) is 0 Å². The zero-order valence-corrected chi connectivity index (χ0v) is 10.8. The molecule has 0 saturated heterocycles. The van der Waals surface area contributed by atoms with E-state index in [1.165, 1.54) is 6.07 Å². The summed E-state index contributed by atoms with van der Waals surface area (Å²) < 4.78 is 18.8. The van der Waals surface area contributed by atoms with E-state index in [9.17, 15) is 4.39 Å². The van der Waals surface area contributed by atoms with Crippen LogP contribution < -0.4 is 15.8 Å². The SMILES string of the molecule is CCOc1cc(NCc2ccccc2)c(N)cc1F. The van der Waals surface area contributed by atoms with E-state index in [2.05, 4.69) is 5.32 Å². The number of ether oxygens (including phenoxy) is 1. The molecular weight excluding hydrogens is 243 g/mol. The van der Waals surface area contributed by atoms with Crippen molar-refractivity contribution in [2.45, 2.75) is 13.5 Å². The predicted octanol–water partition coefficient (Wildman–Crippen LogP) is 3.42. The average molecular weight is 260 g/mol. The number of nitrogens with one attached hydrogen (secondary N) is 1. The molecular formula is C15H17FN2O. The normalized spacial score (nSPS) is 10.2. The molecule has 0 fully saturated rings. The Morgan fingerprint density at radius 2 is 1.95 bits per heavy atom. The fourth-order valence-corrected chi connectivity index (χ4v) is 1.78. The van der Waals surface area contributed by atoms with E-state index in [1.54, 1.807) is 6.07 Å². The molecule has 4 heteroatoms. The first-order chi connectivity index (χ1) is 9.20. The summed E-state index contributed by atoms with van der Waals surface area (Å²) in [6.07, 6.45) is 0. The van der Waals surface area contributed by atoms with Crippen LogP contribution in [-0.4, -0.2) is 6.61 Å². The third kappa shape index (κ3) is 3.37. The van der Waals surface area contributed by atoms with Crippen LogP contribution in [0.3, 0.4) is 0 Å². The summed E-state index contributed by atoms with van der Waals surface area (Å²) in [7, 11) is 0. The Morgan fingerprint density at radius 1 is 1.21 bits per heavy atom. The lowest BCUT2D eigenvalue weighted by atomic mass is 10.2. The standard InChI is InChI=1S/C15H17FN2O/c1-2-19-15-9-14(13(17)8-12(15)16)18-10-11-6-4-3-5-7-11/h3-9,18H,2,10,17H2,1H3. The van der Waals surface area contributed by atoms with Crippen molar-refractivity contribution in [1.29, 1.82) is 0 Å². The van der Waals surface area contributed by atoms with Crippen molar-refractivity contribution >= 4 is 11.4 Å². The molecule has 0 aromatic heterocycles. The lowest BCUT2D eigenvalue weighted by Gasteiger charge is -2.12. The highest BCUT2D eigenvalue weighted by Gasteiger charge is 2.08. The zero-order chi connectivity index (χ0) is 13.7. The summed E-state index contributed by atoms with van der Waals surface area (Å²) in [6, 6.07) is 12.8. The first-order valence-electron chi connectivity index (χ1n) is 6.20. The molecule has 0 saturated carbocycles. The molecule has 3 N–H and O–H groups in total. The van der Waals surface area contributed by atoms with Crippen LogP contribution in [0, 0.1) is 5.82 Å². The number of nitrogens with two attached hydrogens (primary N) is 1. The molecule has 0 aliphatic carbocycles. The van der Waals surface area contributed by atoms with E-state index >= 15 is 0 Å². The Bertz CT molecular complexity index is 543. The summed E-state index contributed by atoms with van der Waals surface area (Å²) in [5.41, 5.74) is 7.97. The average Bonchev–Trinajstić information content (AvgIpc) is 2.42. The fraction of sp³-hybridized carbons (Fsp3) is 0.200. The first kappa shape index (κ1) is 13.2. The number of benzene rings is 2. The van der Waals surface area contributed by atoms with Crippen LogP contribution in [0.25, 0.3) is 0 Å². The predicted molar refractivity (Wildman–Crippen MR) is 75.8 cm³/mol. The van der Waals surface area contributed by atoms with Crippen LogP contribution in [-0.2, 0) is 6.54 Å². The highest BCUT2D eigenvalue weighted by molar-refractivity contribution is 5.68. The second kappa shape index (κ2) is 6.09. The lowest BCUT2D eigenvalue weighted by molar-refractivity contribution is 0.322. The maximum Gasteiger partial charge on any atom is 0.167 e. The first-order valence-corrected chi connectivity index (χ1v) is 6.20. The van der Waals surface area contributed by atoms with Crippen LogP contribution in [0.15, 0.2) is 42.5 Å². The number of nitrogen functional groups attached to an aromatic ring is 1. The number of halogens is 1. The molecule has 0 bridgehead atoms. The van der Waals surface area contributed by atoms with Gasteiger partial charge < -0.3 is 15.8 Å². The number of hydrogen-bond acceptors (Lipinski definition) is 3. The second-order valence-corrected chi connectivity index (χ2v) is 4.14. The molecule has 0 aliphatic heterocycles. The van der Waals surface area contributed by atoms with E-state index in [0.717, 1.165) is 5.56 Å². The van der Waals surface area contributed by atoms with Crippen molar-refractivity contribution < 1.29 is 9.13 Å². The van der Waals surface area contributed by atoms with Gasteiger partial charge in [0.2, 0.25) is 0 Å². The van der Waals surface area contributed by atoms with Gasteiger partial charge >= 0.3 is 0 Å². The highest BCUT2D eigenvalue weighted by Crippen LogP contribution is 2.28. The Kier molecular flexibility index (Phi) is 4.23. The van der Waals surface area contributed by atoms with Crippen molar-refractivity contribution in [3.8, 4) is 5.75 Å². The summed E-state index contributed by atoms with van der Waals surface area (Å²) in [5, 5.41) is 3.18. The van der Waals surface area contributed by atoms with Crippen molar-refractivity contribution in [2.75, 3.05) is 17.7 Å². The minimum Gasteiger partial charge on any atom is -0.491 e. The largest absolute Gasteiger partial charge is 0.491 e. The maximum absolute atomic E-state index is 13.5. The van der Waals surface area contributed by atoms with E-state index in [-0.39, 0.29) is 5.75 Å². The third-order valence-electron chi connectivity index (χ3n) is 2.73. The molecule has 0 unspecified atom stereocenters. The third-order valence-corrected chi connectivity index (χ3v) is 2.73. The van der Waals surface area contributed by atoms with E-state index in [4.69, 9.17) is 10.5 Å². The Labute approximate surface area is 112 Å². The Balaban J connectivity index is 2.13. The van der Waals surface area contributed by atoms with Gasteiger partial charge in [-0.05, 0) is 12.5 Å². The van der Waals surface area contributed by atoms with E-state index in [0.29, 0.717) is 24.5 Å². The summed E-state index contributed by atoms with van der Waals surface area (Å²) in [4.78, 5) is 0. The van der Waals surface area contributed by atoms with Crippen molar-refractivity contribution in [3.63, 3.8) is 0 Å². The highest BCUT2D eigenvalue weighted by atomic mass is 19.1. The number of hydrogen-bond donors (Lipinski definition) is 2. The number of anilines is 2. The molecule has 2 rings (SSSR count). The van der Waals surface area contributed by atoms with Crippen molar-refractivity contribution in [3.05, 3.63) is 53.8 Å². The van der Waals surface area contributed by atoms with Crippen LogP contribution >= 0.6 is 0 Å². The van der Waals surface area contributed by atoms with Gasteiger partial charge in [-0.3, -0.25) is 0 Å². The maximum atomic E-state index is 13.5. The number of rotatable bonds is 5. The fourth-order valence-electron chi connectivity index (χ4n) is 1.78. The molecule has 3 nitrogen and oxygen atoms in total. The van der Waals surface area contributed by atoms with Crippen molar-refractivity contribution in [1.82, 2.24) is 0 Å². The summed E-state index contributed by atoms with van der Waals surface area (Å²) in [6.45, 7) is 2.86. The lowest BCUT2D eigenvalue weighted by Crippen LogP contribution is -2.04. The molecule has 2 aromatic rings. The van der Waals surface area contributed by atoms with Gasteiger partial charge in [-0.1, -0.05) is 30.3 Å². The van der Waals surface area contributed by atoms with Crippen LogP contribution in [0.4, 0.5) is 15.8 Å². The quantitative estimate of drug-likeness (QED) is 0.810. The van der Waals surface area contributed by atoms with Gasteiger partial charge in [-0.2, -0.15) is 0 Å². The Morgan fingerprint density at radius 3 is 2.63 bits per heavy atom. The molecule has 19 heavy (non-hydrogen) atoms. The van der Waals surface area contributed by atoms with Crippen LogP contribution in [0.5, 0.6) is 5.75 Å².